The van der Waals surface area contributed by atoms with Crippen molar-refractivity contribution in [1.82, 2.24) is 0 Å². The summed E-state index contributed by atoms with van der Waals surface area (Å²) in [4.78, 5) is 11.5. The van der Waals surface area contributed by atoms with Crippen molar-refractivity contribution in [2.45, 2.75) is 39.0 Å². The second-order valence-corrected chi connectivity index (χ2v) is 5.74. The van der Waals surface area contributed by atoms with Crippen molar-refractivity contribution in [1.29, 1.82) is 0 Å². The van der Waals surface area contributed by atoms with Gasteiger partial charge in [-0.1, -0.05) is 37.6 Å². The first-order chi connectivity index (χ1) is 10.6. The van der Waals surface area contributed by atoms with Crippen LogP contribution in [0.4, 0.5) is 0 Å². The van der Waals surface area contributed by atoms with Crippen LogP contribution in [0.3, 0.4) is 0 Å². The van der Waals surface area contributed by atoms with E-state index in [4.69, 9.17) is 4.74 Å². The molecule has 0 aliphatic rings. The van der Waals surface area contributed by atoms with Crippen molar-refractivity contribution in [2.24, 2.45) is 5.92 Å². The highest BCUT2D eigenvalue weighted by atomic mass is 16.5. The second-order valence-electron chi connectivity index (χ2n) is 5.74. The highest BCUT2D eigenvalue weighted by Gasteiger charge is 2.15. The molecule has 2 aromatic carbocycles. The molecular weight excluding hydrogens is 276 g/mol. The quantitative estimate of drug-likeness (QED) is 0.606. The van der Waals surface area contributed by atoms with Crippen LogP contribution in [0.25, 0.3) is 10.8 Å². The lowest BCUT2D eigenvalue weighted by Gasteiger charge is -2.12. The van der Waals surface area contributed by atoms with E-state index in [9.17, 15) is 9.90 Å². The number of rotatable bonds is 7. The van der Waals surface area contributed by atoms with Crippen LogP contribution < -0.4 is 0 Å². The molecule has 3 heteroatoms. The number of esters is 1. The maximum Gasteiger partial charge on any atom is 0.308 e. The fourth-order valence-electron chi connectivity index (χ4n) is 2.81. The van der Waals surface area contributed by atoms with E-state index >= 15 is 0 Å². The molecule has 0 fully saturated rings. The van der Waals surface area contributed by atoms with E-state index in [2.05, 4.69) is 12.1 Å². The number of benzene rings is 2. The van der Waals surface area contributed by atoms with Crippen LogP contribution >= 0.6 is 0 Å². The number of phenols is 1. The summed E-state index contributed by atoms with van der Waals surface area (Å²) in [5.74, 6) is 0.242. The van der Waals surface area contributed by atoms with Gasteiger partial charge in [0.05, 0.1) is 13.0 Å². The Morgan fingerprint density at radius 1 is 1.14 bits per heavy atom. The minimum absolute atomic E-state index is 0.0320. The van der Waals surface area contributed by atoms with Crippen LogP contribution in [-0.2, 0) is 16.0 Å². The molecule has 0 saturated carbocycles. The zero-order valence-corrected chi connectivity index (χ0v) is 13.3. The molecule has 0 spiro atoms. The van der Waals surface area contributed by atoms with Gasteiger partial charge in [0.25, 0.3) is 0 Å². The fraction of sp³-hybridized carbons (Fsp3) is 0.421. The van der Waals surface area contributed by atoms with E-state index < -0.39 is 0 Å². The molecule has 0 aliphatic heterocycles. The maximum absolute atomic E-state index is 11.5. The predicted octanol–water partition coefficient (Wildman–Crippen LogP) is 4.46. The molecular formula is C19H24O3. The van der Waals surface area contributed by atoms with Gasteiger partial charge in [-0.05, 0) is 54.2 Å². The van der Waals surface area contributed by atoms with Gasteiger partial charge in [0.1, 0.15) is 5.75 Å². The van der Waals surface area contributed by atoms with Crippen molar-refractivity contribution in [3.8, 4) is 5.75 Å². The number of unbranched alkanes of at least 4 members (excludes halogenated alkanes) is 1. The number of aromatic hydroxyl groups is 1. The molecule has 0 saturated heterocycles. The number of hydrogen-bond acceptors (Lipinski definition) is 3. The molecule has 0 aliphatic carbocycles. The smallest absolute Gasteiger partial charge is 0.308 e. The van der Waals surface area contributed by atoms with Gasteiger partial charge >= 0.3 is 5.97 Å². The maximum atomic E-state index is 11.5. The Morgan fingerprint density at radius 3 is 2.59 bits per heavy atom. The Kier molecular flexibility index (Phi) is 5.82. The third kappa shape index (κ3) is 4.23. The largest absolute Gasteiger partial charge is 0.508 e. The molecule has 1 atom stereocenters. The number of carbonyl (C=O) groups is 1. The topological polar surface area (TPSA) is 46.5 Å². The first-order valence-electron chi connectivity index (χ1n) is 7.93. The van der Waals surface area contributed by atoms with E-state index in [1.165, 1.54) is 12.7 Å². The number of phenolic OH excluding ortho intramolecular Hbond substituents is 1. The Hall–Kier alpha value is -2.03. The van der Waals surface area contributed by atoms with E-state index in [1.54, 1.807) is 12.1 Å². The van der Waals surface area contributed by atoms with Crippen LogP contribution in [0.15, 0.2) is 36.4 Å². The molecule has 2 rings (SSSR count). The third-order valence-corrected chi connectivity index (χ3v) is 4.18. The summed E-state index contributed by atoms with van der Waals surface area (Å²) in [6.45, 7) is 2.03. The van der Waals surface area contributed by atoms with E-state index in [0.717, 1.165) is 42.9 Å². The molecule has 0 amide bonds. The number of carbonyl (C=O) groups excluding carboxylic acids is 1. The van der Waals surface area contributed by atoms with Crippen LogP contribution in [-0.4, -0.2) is 18.2 Å². The lowest BCUT2D eigenvalue weighted by molar-refractivity contribution is -0.145. The van der Waals surface area contributed by atoms with Crippen molar-refractivity contribution in [2.75, 3.05) is 7.11 Å². The van der Waals surface area contributed by atoms with Crippen LogP contribution in [0.2, 0.25) is 0 Å². The SMILES string of the molecule is CCC(CCCCc1ccc2cc(O)ccc2c1)C(=O)OC. The van der Waals surface area contributed by atoms with Gasteiger partial charge in [-0.15, -0.1) is 0 Å². The molecule has 0 radical (unpaired) electrons. The Balaban J connectivity index is 1.87. The molecule has 0 heterocycles. The first-order valence-corrected chi connectivity index (χ1v) is 7.93. The number of fused-ring (bicyclic) bond motifs is 1. The monoisotopic (exact) mass is 300 g/mol. The van der Waals surface area contributed by atoms with Crippen LogP contribution in [0.1, 0.15) is 38.2 Å². The van der Waals surface area contributed by atoms with Gasteiger partial charge < -0.3 is 9.84 Å². The van der Waals surface area contributed by atoms with Crippen molar-refractivity contribution in [3.05, 3.63) is 42.0 Å². The van der Waals surface area contributed by atoms with Gasteiger partial charge in [-0.3, -0.25) is 4.79 Å². The van der Waals surface area contributed by atoms with E-state index in [1.807, 2.05) is 19.1 Å². The minimum Gasteiger partial charge on any atom is -0.508 e. The molecule has 0 aromatic heterocycles. The molecule has 1 unspecified atom stereocenters. The van der Waals surface area contributed by atoms with Crippen molar-refractivity contribution >= 4 is 16.7 Å². The average molecular weight is 300 g/mol. The molecule has 118 valence electrons. The Morgan fingerprint density at radius 2 is 1.86 bits per heavy atom. The number of ether oxygens (including phenoxy) is 1. The first kappa shape index (κ1) is 16.3. The summed E-state index contributed by atoms with van der Waals surface area (Å²) in [5.41, 5.74) is 1.30. The van der Waals surface area contributed by atoms with Gasteiger partial charge in [0, 0.05) is 0 Å². The summed E-state index contributed by atoms with van der Waals surface area (Å²) in [6.07, 6.45) is 4.84. The van der Waals surface area contributed by atoms with Gasteiger partial charge in [-0.2, -0.15) is 0 Å². The Labute approximate surface area is 131 Å². The highest BCUT2D eigenvalue weighted by Crippen LogP contribution is 2.22. The van der Waals surface area contributed by atoms with E-state index in [-0.39, 0.29) is 11.9 Å². The second kappa shape index (κ2) is 7.83. The minimum atomic E-state index is -0.0898. The summed E-state index contributed by atoms with van der Waals surface area (Å²) in [7, 11) is 1.46. The van der Waals surface area contributed by atoms with Gasteiger partial charge in [-0.25, -0.2) is 0 Å². The summed E-state index contributed by atoms with van der Waals surface area (Å²) in [6, 6.07) is 11.8. The molecule has 3 nitrogen and oxygen atoms in total. The lowest BCUT2D eigenvalue weighted by atomic mass is 9.97. The number of hydrogen-bond donors (Lipinski definition) is 1. The number of methoxy groups -OCH3 is 1. The fourth-order valence-corrected chi connectivity index (χ4v) is 2.81. The zero-order valence-electron chi connectivity index (χ0n) is 13.3. The zero-order chi connectivity index (χ0) is 15.9. The van der Waals surface area contributed by atoms with Crippen LogP contribution in [0.5, 0.6) is 5.75 Å². The highest BCUT2D eigenvalue weighted by molar-refractivity contribution is 5.84. The summed E-state index contributed by atoms with van der Waals surface area (Å²) >= 11 is 0. The summed E-state index contributed by atoms with van der Waals surface area (Å²) < 4.78 is 4.82. The Bertz CT molecular complexity index is 634. The van der Waals surface area contributed by atoms with Gasteiger partial charge in [0.15, 0.2) is 0 Å². The van der Waals surface area contributed by atoms with Crippen molar-refractivity contribution in [3.63, 3.8) is 0 Å². The van der Waals surface area contributed by atoms with Crippen LogP contribution in [0, 0.1) is 5.92 Å². The standard InChI is InChI=1S/C19H24O3/c1-3-15(19(21)22-2)7-5-4-6-14-8-9-17-13-18(20)11-10-16(17)12-14/h8-13,15,20H,3-7H2,1-2H3. The van der Waals surface area contributed by atoms with Gasteiger partial charge in [0.2, 0.25) is 0 Å². The number of aryl methyl sites for hydroxylation is 1. The molecule has 1 N–H and O–H groups in total. The average Bonchev–Trinajstić information content (AvgIpc) is 2.54. The lowest BCUT2D eigenvalue weighted by Crippen LogP contribution is -2.15. The van der Waals surface area contributed by atoms with Crippen molar-refractivity contribution < 1.29 is 14.6 Å². The third-order valence-electron chi connectivity index (χ3n) is 4.18. The molecule has 0 bridgehead atoms. The van der Waals surface area contributed by atoms with E-state index in [0.29, 0.717) is 5.75 Å². The molecule has 22 heavy (non-hydrogen) atoms. The molecule has 2 aromatic rings. The summed E-state index contributed by atoms with van der Waals surface area (Å²) in [5, 5.41) is 11.7. The normalized spacial score (nSPS) is 12.3. The predicted molar refractivity (Wildman–Crippen MR) is 89.0 cm³/mol.